The van der Waals surface area contributed by atoms with Crippen molar-refractivity contribution >= 4 is 11.9 Å². The molecule has 81 valence electrons. The summed E-state index contributed by atoms with van der Waals surface area (Å²) in [4.78, 5) is 21.6. The molecule has 0 aliphatic rings. The van der Waals surface area contributed by atoms with Crippen LogP contribution in [0.3, 0.4) is 0 Å². The lowest BCUT2D eigenvalue weighted by Crippen LogP contribution is -2.32. The smallest absolute Gasteiger partial charge is 0.306 e. The minimum Gasteiger partial charge on any atom is -0.460 e. The topological polar surface area (TPSA) is 93.2 Å². The molecule has 0 saturated heterocycles. The van der Waals surface area contributed by atoms with Crippen molar-refractivity contribution in [2.75, 3.05) is 0 Å². The Bertz CT molecular complexity index is 221. The largest absolute Gasteiger partial charge is 0.460 e. The monoisotopic (exact) mass is 201 g/mol. The van der Waals surface area contributed by atoms with Crippen molar-refractivity contribution < 1.29 is 14.3 Å². The van der Waals surface area contributed by atoms with Gasteiger partial charge in [-0.3, -0.25) is 15.3 Å². The Morgan fingerprint density at radius 1 is 1.43 bits per heavy atom. The molecule has 0 aromatic rings. The van der Waals surface area contributed by atoms with E-state index in [1.54, 1.807) is 20.8 Å². The van der Waals surface area contributed by atoms with Crippen molar-refractivity contribution in [2.24, 2.45) is 5.73 Å². The molecule has 3 N–H and O–H groups in total. The third-order valence-electron chi connectivity index (χ3n) is 1.42. The predicted octanol–water partition coefficient (Wildman–Crippen LogP) is 0.245. The summed E-state index contributed by atoms with van der Waals surface area (Å²) in [7, 11) is 0. The van der Waals surface area contributed by atoms with Crippen LogP contribution >= 0.6 is 0 Å². The van der Waals surface area contributed by atoms with Gasteiger partial charge >= 0.3 is 5.97 Å². The molecule has 14 heavy (non-hydrogen) atoms. The summed E-state index contributed by atoms with van der Waals surface area (Å²) in [5, 5.41) is 0. The molecule has 0 bridgehead atoms. The van der Waals surface area contributed by atoms with Crippen LogP contribution in [0.15, 0.2) is 0 Å². The van der Waals surface area contributed by atoms with Crippen LogP contribution in [0, 0.1) is 0 Å². The summed E-state index contributed by atoms with van der Waals surface area (Å²) < 4.78 is 5.00. The highest BCUT2D eigenvalue weighted by Gasteiger charge is 2.18. The van der Waals surface area contributed by atoms with Gasteiger partial charge in [0.25, 0.3) is 5.91 Å². The second-order valence-corrected chi connectivity index (χ2v) is 4.10. The maximum Gasteiger partial charge on any atom is 0.306 e. The van der Waals surface area contributed by atoms with Gasteiger partial charge in [-0.05, 0) is 27.2 Å². The summed E-state index contributed by atoms with van der Waals surface area (Å²) in [6, 6.07) is -0.887. The number of hydrogen-bond donors (Lipinski definition) is 1. The summed E-state index contributed by atoms with van der Waals surface area (Å²) in [5.41, 5.74) is 11.5. The fraction of sp³-hybridized carbons (Fsp3) is 0.778. The Kier molecular flexibility index (Phi) is 4.56. The molecule has 1 unspecified atom stereocenters. The number of rotatable bonds is 4. The molecular formula is C9H17N2O3. The quantitative estimate of drug-likeness (QED) is 0.659. The average Bonchev–Trinajstić information content (AvgIpc) is 1.96. The van der Waals surface area contributed by atoms with E-state index in [-0.39, 0.29) is 12.8 Å². The van der Waals surface area contributed by atoms with Gasteiger partial charge < -0.3 is 10.5 Å². The number of amides is 1. The normalized spacial score (nSPS) is 13.4. The standard InChI is InChI=1S/C9H17N2O3/c1-9(2,3)14-7(12)5-4-6(10)8(11)13/h6,11H,4-5,10H2,1-3H3. The lowest BCUT2D eigenvalue weighted by Gasteiger charge is -2.19. The van der Waals surface area contributed by atoms with Crippen molar-refractivity contribution in [1.82, 2.24) is 5.73 Å². The highest BCUT2D eigenvalue weighted by molar-refractivity contribution is 5.79. The van der Waals surface area contributed by atoms with Gasteiger partial charge in [-0.1, -0.05) is 0 Å². The van der Waals surface area contributed by atoms with Gasteiger partial charge in [0.2, 0.25) is 0 Å². The number of esters is 1. The van der Waals surface area contributed by atoms with E-state index in [9.17, 15) is 9.59 Å². The van der Waals surface area contributed by atoms with Crippen LogP contribution in [0.4, 0.5) is 0 Å². The Balaban J connectivity index is 3.81. The van der Waals surface area contributed by atoms with E-state index in [4.69, 9.17) is 16.2 Å². The minimum absolute atomic E-state index is 0.0725. The molecule has 0 rings (SSSR count). The molecule has 0 fully saturated rings. The summed E-state index contributed by atoms with van der Waals surface area (Å²) >= 11 is 0. The molecule has 5 heteroatoms. The number of carbonyl (C=O) groups is 2. The molecule has 0 heterocycles. The first-order chi connectivity index (χ1) is 6.22. The Morgan fingerprint density at radius 3 is 2.29 bits per heavy atom. The molecule has 0 aliphatic carbocycles. The van der Waals surface area contributed by atoms with Crippen LogP contribution in [0.1, 0.15) is 33.6 Å². The number of carbonyl (C=O) groups excluding carboxylic acids is 2. The molecule has 0 spiro atoms. The van der Waals surface area contributed by atoms with Gasteiger partial charge in [-0.15, -0.1) is 0 Å². The predicted molar refractivity (Wildman–Crippen MR) is 51.2 cm³/mol. The molecular weight excluding hydrogens is 184 g/mol. The van der Waals surface area contributed by atoms with Crippen LogP contribution in [0.5, 0.6) is 0 Å². The average molecular weight is 201 g/mol. The van der Waals surface area contributed by atoms with Crippen LogP contribution in [0.25, 0.3) is 0 Å². The van der Waals surface area contributed by atoms with E-state index < -0.39 is 23.5 Å². The second kappa shape index (κ2) is 4.95. The molecule has 0 aromatic heterocycles. The van der Waals surface area contributed by atoms with Gasteiger partial charge in [0, 0.05) is 6.42 Å². The zero-order valence-electron chi connectivity index (χ0n) is 8.79. The van der Waals surface area contributed by atoms with Crippen LogP contribution in [0.2, 0.25) is 0 Å². The van der Waals surface area contributed by atoms with Crippen molar-refractivity contribution in [3.63, 3.8) is 0 Å². The van der Waals surface area contributed by atoms with Crippen molar-refractivity contribution in [2.45, 2.75) is 45.3 Å². The van der Waals surface area contributed by atoms with Gasteiger partial charge in [0.15, 0.2) is 0 Å². The lowest BCUT2D eigenvalue weighted by atomic mass is 10.1. The second-order valence-electron chi connectivity index (χ2n) is 4.10. The molecule has 0 aromatic carbocycles. The van der Waals surface area contributed by atoms with Gasteiger partial charge in [0.05, 0.1) is 6.04 Å². The fourth-order valence-corrected chi connectivity index (χ4v) is 0.797. The number of hydrogen-bond acceptors (Lipinski definition) is 4. The zero-order chi connectivity index (χ0) is 11.4. The number of ether oxygens (including phenoxy) is 1. The molecule has 1 amide bonds. The molecule has 0 aliphatic heterocycles. The first-order valence-corrected chi connectivity index (χ1v) is 4.45. The lowest BCUT2D eigenvalue weighted by molar-refractivity contribution is -0.155. The Labute approximate surface area is 83.8 Å². The van der Waals surface area contributed by atoms with Crippen LogP contribution < -0.4 is 11.5 Å². The fourth-order valence-electron chi connectivity index (χ4n) is 0.797. The maximum atomic E-state index is 11.1. The third kappa shape index (κ3) is 6.42. The summed E-state index contributed by atoms with van der Waals surface area (Å²) in [6.07, 6.45) is 0.236. The molecule has 1 atom stereocenters. The first-order valence-electron chi connectivity index (χ1n) is 4.45. The van der Waals surface area contributed by atoms with Crippen LogP contribution in [-0.4, -0.2) is 23.5 Å². The zero-order valence-corrected chi connectivity index (χ0v) is 8.79. The van der Waals surface area contributed by atoms with E-state index in [0.717, 1.165) is 0 Å². The van der Waals surface area contributed by atoms with Gasteiger partial charge in [0.1, 0.15) is 5.60 Å². The van der Waals surface area contributed by atoms with E-state index in [1.165, 1.54) is 0 Å². The van der Waals surface area contributed by atoms with Gasteiger partial charge in [-0.2, -0.15) is 0 Å². The highest BCUT2D eigenvalue weighted by Crippen LogP contribution is 2.09. The third-order valence-corrected chi connectivity index (χ3v) is 1.42. The SMILES string of the molecule is CC(C)(C)OC(=O)CCC(N)C([NH])=O. The van der Waals surface area contributed by atoms with Crippen molar-refractivity contribution in [3.05, 3.63) is 0 Å². The molecule has 1 radical (unpaired) electrons. The Morgan fingerprint density at radius 2 is 1.93 bits per heavy atom. The van der Waals surface area contributed by atoms with Crippen molar-refractivity contribution in [1.29, 1.82) is 0 Å². The van der Waals surface area contributed by atoms with E-state index >= 15 is 0 Å². The summed E-state index contributed by atoms with van der Waals surface area (Å²) in [5.74, 6) is -1.25. The highest BCUT2D eigenvalue weighted by atomic mass is 16.6. The van der Waals surface area contributed by atoms with E-state index in [1.807, 2.05) is 0 Å². The Hall–Kier alpha value is -1.10. The maximum absolute atomic E-state index is 11.1. The van der Waals surface area contributed by atoms with Crippen LogP contribution in [-0.2, 0) is 14.3 Å². The van der Waals surface area contributed by atoms with E-state index in [2.05, 4.69) is 0 Å². The summed E-state index contributed by atoms with van der Waals surface area (Å²) in [6.45, 7) is 5.29. The first kappa shape index (κ1) is 12.9. The molecule has 5 nitrogen and oxygen atoms in total. The minimum atomic E-state index is -0.887. The van der Waals surface area contributed by atoms with E-state index in [0.29, 0.717) is 0 Å². The molecule has 0 saturated carbocycles. The van der Waals surface area contributed by atoms with Gasteiger partial charge in [-0.25, -0.2) is 0 Å². The number of nitrogens with two attached hydrogens (primary N) is 1. The van der Waals surface area contributed by atoms with Crippen molar-refractivity contribution in [3.8, 4) is 0 Å². The number of nitrogens with one attached hydrogen (secondary N) is 1.